The molecule has 3 fully saturated rings. The molecule has 0 radical (unpaired) electrons. The van der Waals surface area contributed by atoms with Crippen LogP contribution in [0.4, 0.5) is 4.79 Å². The van der Waals surface area contributed by atoms with E-state index >= 15 is 0 Å². The van der Waals surface area contributed by atoms with Crippen LogP contribution in [0.1, 0.15) is 68.9 Å². The fraction of sp³-hybridized carbons (Fsp3) is 0.593. The summed E-state index contributed by atoms with van der Waals surface area (Å²) in [5, 5.41) is 12.2. The number of piperazine rings is 1. The van der Waals surface area contributed by atoms with Gasteiger partial charge in [0.05, 0.1) is 18.2 Å². The van der Waals surface area contributed by atoms with Crippen LogP contribution in [0.2, 0.25) is 0 Å². The Hall–Kier alpha value is -3.65. The molecule has 0 aromatic heterocycles. The number of carbonyl (C=O) groups is 4. The Morgan fingerprint density at radius 3 is 2.66 bits per heavy atom. The number of nitrogens with zero attached hydrogens (tertiary/aromatic N) is 4. The molecule has 2 bridgehead atoms. The molecule has 4 amide bonds. The van der Waals surface area contributed by atoms with Gasteiger partial charge in [-0.3, -0.25) is 19.3 Å². The van der Waals surface area contributed by atoms with Crippen LogP contribution in [0, 0.1) is 11.3 Å². The van der Waals surface area contributed by atoms with Gasteiger partial charge in [0.1, 0.15) is 17.7 Å². The van der Waals surface area contributed by atoms with Crippen molar-refractivity contribution in [2.24, 2.45) is 5.73 Å². The minimum atomic E-state index is -0.955. The summed E-state index contributed by atoms with van der Waals surface area (Å²) >= 11 is 0. The van der Waals surface area contributed by atoms with Crippen molar-refractivity contribution in [3.05, 3.63) is 35.4 Å². The number of hydrogen-bond acceptors (Lipinski definition) is 7. The molecule has 11 nitrogen and oxygen atoms in total. The molecule has 4 unspecified atom stereocenters. The van der Waals surface area contributed by atoms with Gasteiger partial charge < -0.3 is 25.6 Å². The van der Waals surface area contributed by atoms with Gasteiger partial charge in [0, 0.05) is 31.2 Å². The number of benzene rings is 1. The molecule has 3 heterocycles. The average molecular weight is 525 g/mol. The van der Waals surface area contributed by atoms with Crippen molar-refractivity contribution in [2.45, 2.75) is 82.8 Å². The van der Waals surface area contributed by atoms with Gasteiger partial charge in [-0.25, -0.2) is 4.79 Å². The smallest absolute Gasteiger partial charge is 0.408 e. The number of nitrogens with two attached hydrogens (primary N) is 1. The Kier molecular flexibility index (Phi) is 7.65. The SMILES string of the molecule is CC(c1cccc(C(N)=O)c1)N1C(=O)C2C[C@H]1CN2CC(NC(=O)OC(C)(C)C)C(=O)N1CCCC1C#N. The minimum absolute atomic E-state index is 0.0576. The zero-order chi connectivity index (χ0) is 27.8. The van der Waals surface area contributed by atoms with Crippen LogP contribution in [-0.4, -0.2) is 87.9 Å². The molecule has 3 aliphatic rings. The van der Waals surface area contributed by atoms with Gasteiger partial charge in [0.2, 0.25) is 17.7 Å². The molecule has 5 atom stereocenters. The Bertz CT molecular complexity index is 1160. The van der Waals surface area contributed by atoms with Crippen LogP contribution in [0.25, 0.3) is 0 Å². The molecule has 4 rings (SSSR count). The van der Waals surface area contributed by atoms with Crippen molar-refractivity contribution in [2.75, 3.05) is 19.6 Å². The van der Waals surface area contributed by atoms with Crippen molar-refractivity contribution in [3.8, 4) is 6.07 Å². The molecular weight excluding hydrogens is 488 g/mol. The molecule has 11 heteroatoms. The van der Waals surface area contributed by atoms with Gasteiger partial charge in [-0.15, -0.1) is 0 Å². The normalized spacial score (nSPS) is 24.7. The number of likely N-dealkylation sites (tertiary alicyclic amines) is 3. The minimum Gasteiger partial charge on any atom is -0.444 e. The molecule has 0 spiro atoms. The summed E-state index contributed by atoms with van der Waals surface area (Å²) in [5.74, 6) is -0.925. The van der Waals surface area contributed by atoms with Crippen molar-refractivity contribution in [3.63, 3.8) is 0 Å². The number of rotatable bonds is 7. The molecule has 1 aromatic carbocycles. The second-order valence-electron chi connectivity index (χ2n) is 11.3. The predicted molar refractivity (Wildman–Crippen MR) is 137 cm³/mol. The number of nitriles is 1. The fourth-order valence-corrected chi connectivity index (χ4v) is 5.75. The Morgan fingerprint density at radius 2 is 2.03 bits per heavy atom. The maximum atomic E-state index is 13.5. The van der Waals surface area contributed by atoms with E-state index in [1.807, 2.05) is 22.8 Å². The fourth-order valence-electron chi connectivity index (χ4n) is 5.75. The van der Waals surface area contributed by atoms with E-state index in [1.54, 1.807) is 39.0 Å². The first kappa shape index (κ1) is 27.4. The molecule has 0 saturated carbocycles. The molecule has 1 aromatic rings. The number of fused-ring (bicyclic) bond motifs is 2. The molecular formula is C27H36N6O5. The van der Waals surface area contributed by atoms with E-state index in [0.717, 1.165) is 12.0 Å². The Balaban J connectivity index is 1.49. The lowest BCUT2D eigenvalue weighted by molar-refractivity contribution is -0.141. The lowest BCUT2D eigenvalue weighted by atomic mass is 10.0. The third kappa shape index (κ3) is 5.60. The highest BCUT2D eigenvalue weighted by Gasteiger charge is 2.52. The number of primary amides is 1. The first-order valence-corrected chi connectivity index (χ1v) is 13.0. The van der Waals surface area contributed by atoms with Gasteiger partial charge in [-0.05, 0) is 64.7 Å². The summed E-state index contributed by atoms with van der Waals surface area (Å²) in [6.07, 6.45) is 1.21. The number of amides is 4. The number of alkyl carbamates (subject to hydrolysis) is 1. The zero-order valence-electron chi connectivity index (χ0n) is 22.3. The lowest BCUT2D eigenvalue weighted by Crippen LogP contribution is -2.59. The summed E-state index contributed by atoms with van der Waals surface area (Å²) in [6, 6.07) is 6.91. The van der Waals surface area contributed by atoms with Crippen molar-refractivity contribution in [1.29, 1.82) is 5.26 Å². The van der Waals surface area contributed by atoms with Gasteiger partial charge >= 0.3 is 6.09 Å². The van der Waals surface area contributed by atoms with Crippen LogP contribution in [0.5, 0.6) is 0 Å². The van der Waals surface area contributed by atoms with Crippen LogP contribution in [0.15, 0.2) is 24.3 Å². The average Bonchev–Trinajstić information content (AvgIpc) is 3.56. The van der Waals surface area contributed by atoms with E-state index in [0.29, 0.717) is 31.5 Å². The molecule has 204 valence electrons. The van der Waals surface area contributed by atoms with Crippen molar-refractivity contribution >= 4 is 23.8 Å². The monoisotopic (exact) mass is 524 g/mol. The number of ether oxygens (including phenoxy) is 1. The topological polar surface area (TPSA) is 149 Å². The highest BCUT2D eigenvalue weighted by molar-refractivity contribution is 5.93. The molecule has 3 N–H and O–H groups in total. The maximum Gasteiger partial charge on any atom is 0.408 e. The largest absolute Gasteiger partial charge is 0.444 e. The van der Waals surface area contributed by atoms with Crippen LogP contribution >= 0.6 is 0 Å². The number of carbonyl (C=O) groups excluding carboxylic acids is 4. The van der Waals surface area contributed by atoms with Gasteiger partial charge in [0.15, 0.2) is 0 Å². The first-order chi connectivity index (χ1) is 17.9. The second kappa shape index (κ2) is 10.6. The Labute approximate surface area is 222 Å². The third-order valence-corrected chi connectivity index (χ3v) is 7.48. The van der Waals surface area contributed by atoms with Crippen LogP contribution in [-0.2, 0) is 14.3 Å². The summed E-state index contributed by atoms with van der Waals surface area (Å²) in [7, 11) is 0. The highest BCUT2D eigenvalue weighted by Crippen LogP contribution is 2.38. The lowest BCUT2D eigenvalue weighted by Gasteiger charge is -2.39. The molecule has 3 aliphatic heterocycles. The number of hydrogen-bond donors (Lipinski definition) is 2. The number of nitrogens with one attached hydrogen (secondary N) is 1. The van der Waals surface area contributed by atoms with Gasteiger partial charge in [0.25, 0.3) is 0 Å². The summed E-state index contributed by atoms with van der Waals surface area (Å²) in [6.45, 7) is 8.27. The van der Waals surface area contributed by atoms with E-state index in [-0.39, 0.29) is 30.4 Å². The third-order valence-electron chi connectivity index (χ3n) is 7.48. The molecule has 0 aliphatic carbocycles. The van der Waals surface area contributed by atoms with Crippen molar-refractivity contribution < 1.29 is 23.9 Å². The molecule has 3 saturated heterocycles. The summed E-state index contributed by atoms with van der Waals surface area (Å²) in [5.41, 5.74) is 5.90. The van der Waals surface area contributed by atoms with E-state index in [4.69, 9.17) is 10.5 Å². The van der Waals surface area contributed by atoms with Crippen LogP contribution < -0.4 is 11.1 Å². The molecule has 38 heavy (non-hydrogen) atoms. The zero-order valence-corrected chi connectivity index (χ0v) is 22.3. The predicted octanol–water partition coefficient (Wildman–Crippen LogP) is 1.54. The van der Waals surface area contributed by atoms with Crippen molar-refractivity contribution in [1.82, 2.24) is 20.0 Å². The van der Waals surface area contributed by atoms with Crippen LogP contribution in [0.3, 0.4) is 0 Å². The van der Waals surface area contributed by atoms with E-state index < -0.39 is 35.7 Å². The quantitative estimate of drug-likeness (QED) is 0.549. The van der Waals surface area contributed by atoms with E-state index in [1.165, 1.54) is 4.90 Å². The highest BCUT2D eigenvalue weighted by atomic mass is 16.6. The second-order valence-corrected chi connectivity index (χ2v) is 11.3. The summed E-state index contributed by atoms with van der Waals surface area (Å²) in [4.78, 5) is 56.5. The standard InChI is InChI=1S/C27H36N6O5/c1-16(17-7-5-8-18(11-17)23(29)34)33-20-12-22(25(33)36)31(14-20)15-21(30-26(37)38-27(2,3)4)24(35)32-10-6-9-19(32)13-28/h5,7-8,11,16,19-22H,6,9-10,12,14-15H2,1-4H3,(H2,29,34)(H,30,37)/t16?,19?,20-,21?,22?/m0/s1. The van der Waals surface area contributed by atoms with E-state index in [9.17, 15) is 24.4 Å². The van der Waals surface area contributed by atoms with Gasteiger partial charge in [-0.2, -0.15) is 5.26 Å². The van der Waals surface area contributed by atoms with E-state index in [2.05, 4.69) is 11.4 Å². The summed E-state index contributed by atoms with van der Waals surface area (Å²) < 4.78 is 5.39. The first-order valence-electron chi connectivity index (χ1n) is 13.0. The maximum absolute atomic E-state index is 13.5. The Morgan fingerprint density at radius 1 is 1.29 bits per heavy atom. The van der Waals surface area contributed by atoms with Gasteiger partial charge in [-0.1, -0.05) is 12.1 Å².